The minimum atomic E-state index is 0.238. The first-order valence-electron chi connectivity index (χ1n) is 7.12. The first-order chi connectivity index (χ1) is 7.72. The molecule has 1 rings (SSSR count). The molecule has 0 amide bonds. The van der Waals surface area contributed by atoms with Gasteiger partial charge in [-0.1, -0.05) is 19.8 Å². The minimum Gasteiger partial charge on any atom is -0.311 e. The Morgan fingerprint density at radius 3 is 2.12 bits per heavy atom. The van der Waals surface area contributed by atoms with Crippen LogP contribution in [-0.4, -0.2) is 37.6 Å². The van der Waals surface area contributed by atoms with Crippen molar-refractivity contribution in [3.8, 4) is 0 Å². The maximum Gasteiger partial charge on any atom is 0.00967 e. The maximum atomic E-state index is 3.73. The second-order valence-corrected chi connectivity index (χ2v) is 7.52. The average Bonchev–Trinajstić information content (AvgIpc) is 2.18. The van der Waals surface area contributed by atoms with Crippen molar-refractivity contribution in [2.24, 2.45) is 11.3 Å². The Kier molecular flexibility index (Phi) is 5.03. The molecule has 1 fully saturated rings. The fourth-order valence-electron chi connectivity index (χ4n) is 2.89. The second kappa shape index (κ2) is 5.71. The number of rotatable bonds is 4. The van der Waals surface area contributed by atoms with Gasteiger partial charge >= 0.3 is 0 Å². The highest BCUT2D eigenvalue weighted by molar-refractivity contribution is 4.90. The summed E-state index contributed by atoms with van der Waals surface area (Å²) < 4.78 is 0. The van der Waals surface area contributed by atoms with Crippen molar-refractivity contribution in [1.29, 1.82) is 0 Å². The van der Waals surface area contributed by atoms with Gasteiger partial charge in [0.15, 0.2) is 0 Å². The Balaban J connectivity index is 2.59. The lowest BCUT2D eigenvalue weighted by atomic mass is 9.70. The molecule has 0 saturated heterocycles. The highest BCUT2D eigenvalue weighted by atomic mass is 15.1. The molecule has 0 aromatic rings. The number of hydrogen-bond donors (Lipinski definition) is 1. The summed E-state index contributed by atoms with van der Waals surface area (Å²) in [5.41, 5.74) is 0.742. The highest BCUT2D eigenvalue weighted by Crippen LogP contribution is 2.39. The lowest BCUT2D eigenvalue weighted by Crippen LogP contribution is -2.49. The SMILES string of the molecule is CC1CCC(CNC(C)(C)C)(CN(C)C)CC1. The van der Waals surface area contributed by atoms with E-state index in [4.69, 9.17) is 0 Å². The first-order valence-corrected chi connectivity index (χ1v) is 7.12. The van der Waals surface area contributed by atoms with Crippen LogP contribution in [0, 0.1) is 11.3 Å². The van der Waals surface area contributed by atoms with Gasteiger partial charge in [-0.25, -0.2) is 0 Å². The van der Waals surface area contributed by atoms with E-state index in [9.17, 15) is 0 Å². The quantitative estimate of drug-likeness (QED) is 0.812. The molecule has 1 N–H and O–H groups in total. The van der Waals surface area contributed by atoms with Crippen molar-refractivity contribution in [3.63, 3.8) is 0 Å². The summed E-state index contributed by atoms with van der Waals surface area (Å²) in [5.74, 6) is 0.930. The van der Waals surface area contributed by atoms with Crippen LogP contribution in [0.3, 0.4) is 0 Å². The van der Waals surface area contributed by atoms with Gasteiger partial charge < -0.3 is 10.2 Å². The monoisotopic (exact) mass is 240 g/mol. The molecular formula is C15H32N2. The summed E-state index contributed by atoms with van der Waals surface area (Å²) in [7, 11) is 4.41. The lowest BCUT2D eigenvalue weighted by molar-refractivity contribution is 0.101. The Labute approximate surface area is 108 Å². The van der Waals surface area contributed by atoms with E-state index in [1.807, 2.05) is 0 Å². The molecular weight excluding hydrogens is 208 g/mol. The van der Waals surface area contributed by atoms with Crippen molar-refractivity contribution < 1.29 is 0 Å². The van der Waals surface area contributed by atoms with E-state index in [0.717, 1.165) is 5.92 Å². The van der Waals surface area contributed by atoms with Crippen LogP contribution in [0.4, 0.5) is 0 Å². The summed E-state index contributed by atoms with van der Waals surface area (Å²) in [6.45, 7) is 11.6. The molecule has 1 aliphatic rings. The molecule has 1 aliphatic carbocycles. The van der Waals surface area contributed by atoms with Crippen molar-refractivity contribution in [3.05, 3.63) is 0 Å². The molecule has 0 unspecified atom stereocenters. The zero-order chi connectivity index (χ0) is 13.1. The van der Waals surface area contributed by atoms with Gasteiger partial charge in [0.2, 0.25) is 0 Å². The fourth-order valence-corrected chi connectivity index (χ4v) is 2.89. The van der Waals surface area contributed by atoms with Crippen LogP contribution in [0.2, 0.25) is 0 Å². The van der Waals surface area contributed by atoms with E-state index in [0.29, 0.717) is 5.41 Å². The molecule has 0 radical (unpaired) electrons. The third kappa shape index (κ3) is 5.39. The van der Waals surface area contributed by atoms with Gasteiger partial charge in [0.25, 0.3) is 0 Å². The average molecular weight is 240 g/mol. The molecule has 0 aromatic heterocycles. The molecule has 0 aromatic carbocycles. The topological polar surface area (TPSA) is 15.3 Å². The third-order valence-electron chi connectivity index (χ3n) is 3.98. The van der Waals surface area contributed by atoms with E-state index in [-0.39, 0.29) is 5.54 Å². The van der Waals surface area contributed by atoms with Gasteiger partial charge in [-0.05, 0) is 59.0 Å². The van der Waals surface area contributed by atoms with E-state index in [1.54, 1.807) is 0 Å². The molecule has 2 heteroatoms. The van der Waals surface area contributed by atoms with Crippen LogP contribution < -0.4 is 5.32 Å². The van der Waals surface area contributed by atoms with Crippen molar-refractivity contribution in [1.82, 2.24) is 10.2 Å². The summed E-state index contributed by atoms with van der Waals surface area (Å²) in [5, 5.41) is 3.73. The first kappa shape index (κ1) is 15.0. The van der Waals surface area contributed by atoms with Gasteiger partial charge in [-0.15, -0.1) is 0 Å². The molecule has 0 spiro atoms. The predicted molar refractivity (Wildman–Crippen MR) is 76.4 cm³/mol. The number of nitrogens with zero attached hydrogens (tertiary/aromatic N) is 1. The van der Waals surface area contributed by atoms with Crippen molar-refractivity contribution in [2.45, 2.75) is 58.9 Å². The smallest absolute Gasteiger partial charge is 0.00967 e. The Morgan fingerprint density at radius 2 is 1.71 bits per heavy atom. The van der Waals surface area contributed by atoms with Gasteiger partial charge in [-0.2, -0.15) is 0 Å². The lowest BCUT2D eigenvalue weighted by Gasteiger charge is -2.43. The second-order valence-electron chi connectivity index (χ2n) is 7.52. The van der Waals surface area contributed by atoms with Crippen LogP contribution in [0.15, 0.2) is 0 Å². The number of hydrogen-bond acceptors (Lipinski definition) is 2. The van der Waals surface area contributed by atoms with Crippen LogP contribution >= 0.6 is 0 Å². The van der Waals surface area contributed by atoms with Crippen LogP contribution in [-0.2, 0) is 0 Å². The normalized spacial score (nSPS) is 30.9. The summed E-state index contributed by atoms with van der Waals surface area (Å²) in [6, 6.07) is 0. The van der Waals surface area contributed by atoms with Crippen molar-refractivity contribution >= 4 is 0 Å². The largest absolute Gasteiger partial charge is 0.311 e. The summed E-state index contributed by atoms with van der Waals surface area (Å²) in [4.78, 5) is 2.36. The number of nitrogens with one attached hydrogen (secondary N) is 1. The van der Waals surface area contributed by atoms with Crippen LogP contribution in [0.25, 0.3) is 0 Å². The molecule has 1 saturated carbocycles. The van der Waals surface area contributed by atoms with E-state index >= 15 is 0 Å². The third-order valence-corrected chi connectivity index (χ3v) is 3.98. The van der Waals surface area contributed by atoms with Gasteiger partial charge in [0.05, 0.1) is 0 Å². The molecule has 17 heavy (non-hydrogen) atoms. The van der Waals surface area contributed by atoms with E-state index in [2.05, 4.69) is 52.0 Å². The molecule has 102 valence electrons. The Bertz CT molecular complexity index is 220. The Hall–Kier alpha value is -0.0800. The molecule has 0 bridgehead atoms. The molecule has 0 heterocycles. The maximum absolute atomic E-state index is 3.73. The molecule has 2 nitrogen and oxygen atoms in total. The Morgan fingerprint density at radius 1 is 1.18 bits per heavy atom. The van der Waals surface area contributed by atoms with E-state index in [1.165, 1.54) is 38.8 Å². The standard InChI is InChI=1S/C15H32N2/c1-13-7-9-15(10-8-13,12-17(5)6)11-16-14(2,3)4/h13,16H,7-12H2,1-6H3. The minimum absolute atomic E-state index is 0.238. The molecule has 0 aliphatic heterocycles. The zero-order valence-corrected chi connectivity index (χ0v) is 12.8. The summed E-state index contributed by atoms with van der Waals surface area (Å²) >= 11 is 0. The fraction of sp³-hybridized carbons (Fsp3) is 1.00. The highest BCUT2D eigenvalue weighted by Gasteiger charge is 2.35. The predicted octanol–water partition coefficient (Wildman–Crippen LogP) is 3.13. The van der Waals surface area contributed by atoms with E-state index < -0.39 is 0 Å². The summed E-state index contributed by atoms with van der Waals surface area (Å²) in [6.07, 6.45) is 5.57. The van der Waals surface area contributed by atoms with Gasteiger partial charge in [0, 0.05) is 18.6 Å². The van der Waals surface area contributed by atoms with Crippen LogP contribution in [0.1, 0.15) is 53.4 Å². The van der Waals surface area contributed by atoms with Gasteiger partial charge in [-0.3, -0.25) is 0 Å². The molecule has 0 atom stereocenters. The zero-order valence-electron chi connectivity index (χ0n) is 12.8. The van der Waals surface area contributed by atoms with Gasteiger partial charge in [0.1, 0.15) is 0 Å². The van der Waals surface area contributed by atoms with Crippen molar-refractivity contribution in [2.75, 3.05) is 27.2 Å². The van der Waals surface area contributed by atoms with Crippen LogP contribution in [0.5, 0.6) is 0 Å².